The lowest BCUT2D eigenvalue weighted by Crippen LogP contribution is -2.33. The second-order valence-electron chi connectivity index (χ2n) is 5.75. The molecule has 1 aromatic rings. The molecule has 0 aliphatic heterocycles. The van der Waals surface area contributed by atoms with Crippen molar-refractivity contribution in [3.8, 4) is 0 Å². The van der Waals surface area contributed by atoms with Gasteiger partial charge in [0.1, 0.15) is 0 Å². The van der Waals surface area contributed by atoms with Crippen LogP contribution in [0.3, 0.4) is 0 Å². The van der Waals surface area contributed by atoms with Gasteiger partial charge in [-0.25, -0.2) is 0 Å². The fourth-order valence-corrected chi connectivity index (χ4v) is 1.55. The molecule has 0 aliphatic carbocycles. The predicted molar refractivity (Wildman–Crippen MR) is 72.0 cm³/mol. The highest BCUT2D eigenvalue weighted by Crippen LogP contribution is 2.37. The zero-order valence-corrected chi connectivity index (χ0v) is 11.9. The van der Waals surface area contributed by atoms with Crippen molar-refractivity contribution in [1.82, 2.24) is 0 Å². The lowest BCUT2D eigenvalue weighted by molar-refractivity contribution is -0.385. The van der Waals surface area contributed by atoms with Gasteiger partial charge in [0, 0.05) is 24.4 Å². The number of aliphatic hydroxyl groups is 1. The second kappa shape index (κ2) is 5.88. The molecule has 1 atom stereocenters. The highest BCUT2D eigenvalue weighted by Gasteiger charge is 2.35. The number of rotatable bonds is 4. The van der Waals surface area contributed by atoms with Gasteiger partial charge in [0.25, 0.3) is 5.69 Å². The number of nitrogens with zero attached hydrogens (tertiary/aromatic N) is 1. The molecule has 0 spiro atoms. The van der Waals surface area contributed by atoms with Crippen molar-refractivity contribution in [2.75, 3.05) is 11.9 Å². The molecule has 1 rings (SSSR count). The Bertz CT molecular complexity index is 524. The number of nitro benzene ring substituents is 1. The van der Waals surface area contributed by atoms with Gasteiger partial charge >= 0.3 is 6.18 Å². The Kier molecular flexibility index (Phi) is 4.83. The van der Waals surface area contributed by atoms with E-state index in [0.29, 0.717) is 6.07 Å². The van der Waals surface area contributed by atoms with Crippen LogP contribution >= 0.6 is 0 Å². The Morgan fingerprint density at radius 3 is 2.33 bits per heavy atom. The summed E-state index contributed by atoms with van der Waals surface area (Å²) < 4.78 is 38.8. The van der Waals surface area contributed by atoms with Gasteiger partial charge < -0.3 is 10.4 Å². The van der Waals surface area contributed by atoms with Crippen molar-refractivity contribution < 1.29 is 23.2 Å². The number of halogens is 3. The van der Waals surface area contributed by atoms with Gasteiger partial charge in [-0.1, -0.05) is 20.8 Å². The summed E-state index contributed by atoms with van der Waals surface area (Å²) in [6.45, 7) is 5.16. The number of hydrogen-bond donors (Lipinski definition) is 2. The van der Waals surface area contributed by atoms with E-state index in [9.17, 15) is 28.4 Å². The minimum absolute atomic E-state index is 0.0929. The molecule has 0 aromatic heterocycles. The third-order valence-corrected chi connectivity index (χ3v) is 3.00. The highest BCUT2D eigenvalue weighted by atomic mass is 19.4. The lowest BCUT2D eigenvalue weighted by atomic mass is 9.89. The van der Waals surface area contributed by atoms with Crippen molar-refractivity contribution in [3.05, 3.63) is 33.9 Å². The van der Waals surface area contributed by atoms with E-state index in [1.54, 1.807) is 20.8 Å². The Balaban J connectivity index is 3.04. The van der Waals surface area contributed by atoms with E-state index in [-0.39, 0.29) is 12.2 Å². The van der Waals surface area contributed by atoms with Crippen LogP contribution in [0.2, 0.25) is 0 Å². The zero-order valence-electron chi connectivity index (χ0n) is 11.9. The SMILES string of the molecule is CC(C)(C)C(O)CNc1ccc([N+](=O)[O-])cc1C(F)(F)F. The summed E-state index contributed by atoms with van der Waals surface area (Å²) in [7, 11) is 0. The molecule has 0 radical (unpaired) electrons. The van der Waals surface area contributed by atoms with Crippen LogP contribution in [-0.2, 0) is 6.18 Å². The van der Waals surface area contributed by atoms with Crippen molar-refractivity contribution >= 4 is 11.4 Å². The Labute approximate surface area is 119 Å². The molecule has 0 saturated heterocycles. The number of anilines is 1. The van der Waals surface area contributed by atoms with Crippen molar-refractivity contribution in [1.29, 1.82) is 0 Å². The summed E-state index contributed by atoms with van der Waals surface area (Å²) in [5.41, 5.74) is -2.55. The van der Waals surface area contributed by atoms with Crippen LogP contribution in [0.15, 0.2) is 18.2 Å². The molecular formula is C13H17F3N2O3. The molecule has 2 N–H and O–H groups in total. The molecule has 8 heteroatoms. The molecule has 118 valence electrons. The van der Waals surface area contributed by atoms with Gasteiger partial charge in [0.05, 0.1) is 16.6 Å². The number of hydrogen-bond acceptors (Lipinski definition) is 4. The van der Waals surface area contributed by atoms with Crippen LogP contribution in [0.4, 0.5) is 24.5 Å². The van der Waals surface area contributed by atoms with Gasteiger partial charge in [-0.05, 0) is 11.5 Å². The van der Waals surface area contributed by atoms with E-state index in [0.717, 1.165) is 12.1 Å². The summed E-state index contributed by atoms with van der Waals surface area (Å²) >= 11 is 0. The van der Waals surface area contributed by atoms with Gasteiger partial charge in [-0.3, -0.25) is 10.1 Å². The fraction of sp³-hybridized carbons (Fsp3) is 0.538. The number of aliphatic hydroxyl groups excluding tert-OH is 1. The first kappa shape index (κ1) is 17.2. The Morgan fingerprint density at radius 1 is 1.33 bits per heavy atom. The molecule has 0 aliphatic rings. The molecule has 1 aromatic carbocycles. The number of alkyl halides is 3. The van der Waals surface area contributed by atoms with Crippen LogP contribution in [0.1, 0.15) is 26.3 Å². The standard InChI is InChI=1S/C13H17F3N2O3/c1-12(2,3)11(19)7-17-10-5-4-8(18(20)21)6-9(10)13(14,15)16/h4-6,11,17,19H,7H2,1-3H3. The minimum atomic E-state index is -4.72. The number of nitro groups is 1. The van der Waals surface area contributed by atoms with Gasteiger partial charge in [-0.2, -0.15) is 13.2 Å². The Morgan fingerprint density at radius 2 is 1.90 bits per heavy atom. The number of non-ortho nitro benzene ring substituents is 1. The van der Waals surface area contributed by atoms with E-state index < -0.39 is 33.9 Å². The summed E-state index contributed by atoms with van der Waals surface area (Å²) in [6, 6.07) is 2.46. The molecule has 0 bridgehead atoms. The summed E-state index contributed by atoms with van der Waals surface area (Å²) in [4.78, 5) is 9.68. The van der Waals surface area contributed by atoms with E-state index in [1.807, 2.05) is 0 Å². The van der Waals surface area contributed by atoms with Crippen molar-refractivity contribution in [2.45, 2.75) is 33.1 Å². The molecule has 0 saturated carbocycles. The second-order valence-corrected chi connectivity index (χ2v) is 5.75. The lowest BCUT2D eigenvalue weighted by Gasteiger charge is -2.26. The predicted octanol–water partition coefficient (Wildman–Crippen LogP) is 3.43. The quantitative estimate of drug-likeness (QED) is 0.660. The van der Waals surface area contributed by atoms with Gasteiger partial charge in [0.2, 0.25) is 0 Å². The normalized spacial score (nSPS) is 13.9. The smallest absolute Gasteiger partial charge is 0.391 e. The maximum Gasteiger partial charge on any atom is 0.418 e. The average Bonchev–Trinajstić information content (AvgIpc) is 2.33. The molecule has 5 nitrogen and oxygen atoms in total. The average molecular weight is 306 g/mol. The molecule has 0 heterocycles. The monoisotopic (exact) mass is 306 g/mol. The van der Waals surface area contributed by atoms with Crippen molar-refractivity contribution in [2.24, 2.45) is 5.41 Å². The van der Waals surface area contributed by atoms with E-state index in [1.165, 1.54) is 0 Å². The summed E-state index contributed by atoms with van der Waals surface area (Å²) in [6.07, 6.45) is -5.59. The van der Waals surface area contributed by atoms with Gasteiger partial charge in [-0.15, -0.1) is 0 Å². The first-order chi connectivity index (χ1) is 9.43. The minimum Gasteiger partial charge on any atom is -0.391 e. The van der Waals surface area contributed by atoms with E-state index in [4.69, 9.17) is 0 Å². The van der Waals surface area contributed by atoms with Crippen molar-refractivity contribution in [3.63, 3.8) is 0 Å². The van der Waals surface area contributed by atoms with Crippen LogP contribution in [-0.4, -0.2) is 22.7 Å². The molecule has 0 amide bonds. The summed E-state index contributed by atoms with van der Waals surface area (Å²) in [5.74, 6) is 0. The first-order valence-electron chi connectivity index (χ1n) is 6.20. The molecule has 1 unspecified atom stereocenters. The van der Waals surface area contributed by atoms with E-state index >= 15 is 0 Å². The maximum absolute atomic E-state index is 12.9. The highest BCUT2D eigenvalue weighted by molar-refractivity contribution is 5.57. The first-order valence-corrected chi connectivity index (χ1v) is 6.20. The topological polar surface area (TPSA) is 75.4 Å². The van der Waals surface area contributed by atoms with Crippen LogP contribution < -0.4 is 5.32 Å². The third-order valence-electron chi connectivity index (χ3n) is 3.00. The zero-order chi connectivity index (χ0) is 16.4. The third kappa shape index (κ3) is 4.59. The Hall–Kier alpha value is -1.83. The van der Waals surface area contributed by atoms with Gasteiger partial charge in [0.15, 0.2) is 0 Å². The van der Waals surface area contributed by atoms with Crippen LogP contribution in [0, 0.1) is 15.5 Å². The largest absolute Gasteiger partial charge is 0.418 e. The van der Waals surface area contributed by atoms with Crippen LogP contribution in [0.5, 0.6) is 0 Å². The molecule has 0 fully saturated rings. The fourth-order valence-electron chi connectivity index (χ4n) is 1.55. The molecular weight excluding hydrogens is 289 g/mol. The summed E-state index contributed by atoms with van der Waals surface area (Å²) in [5, 5.41) is 22.9. The number of nitrogens with one attached hydrogen (secondary N) is 1. The number of benzene rings is 1. The van der Waals surface area contributed by atoms with E-state index in [2.05, 4.69) is 5.32 Å². The molecule has 21 heavy (non-hydrogen) atoms. The maximum atomic E-state index is 12.9. The van der Waals surface area contributed by atoms with Crippen LogP contribution in [0.25, 0.3) is 0 Å².